The largest absolute Gasteiger partial charge is 3.00 e. The Morgan fingerprint density at radius 1 is 1.17 bits per heavy atom. The second-order valence-corrected chi connectivity index (χ2v) is 1.34. The topological polar surface area (TPSA) is 86.2 Å². The zero-order valence-electron chi connectivity index (χ0n) is 2.43. The van der Waals surface area contributed by atoms with E-state index in [2.05, 4.69) is 0 Å². The quantitative estimate of drug-likeness (QED) is 0.308. The van der Waals surface area contributed by atoms with Gasteiger partial charge >= 0.3 is 19.5 Å². The molecule has 0 bridgehead atoms. The molecule has 6 heteroatoms. The first-order valence-corrected chi connectivity index (χ1v) is 2.19. The molecule has 0 unspecified atom stereocenters. The van der Waals surface area contributed by atoms with E-state index in [0.29, 0.717) is 0 Å². The van der Waals surface area contributed by atoms with Gasteiger partial charge in [-0.2, -0.15) is 7.82 Å². The summed E-state index contributed by atoms with van der Waals surface area (Å²) in [4.78, 5) is 25.6. The number of rotatable bonds is 0. The molecule has 0 amide bonds. The van der Waals surface area contributed by atoms with Crippen molar-refractivity contribution in [1.82, 2.24) is 0 Å². The van der Waals surface area contributed by atoms with Crippen LogP contribution in [0.15, 0.2) is 0 Å². The molecule has 37 valence electrons. The van der Waals surface area contributed by atoms with Crippen LogP contribution in [0, 0.1) is 0 Å². The molecule has 0 aromatic rings. The molecule has 6 heavy (non-hydrogen) atoms. The molecule has 0 saturated carbocycles. The molecule has 0 N–H and O–H groups in total. The summed E-state index contributed by atoms with van der Waals surface area (Å²) in [6.07, 6.45) is 0. The van der Waals surface area contributed by atoms with Gasteiger partial charge in [0.2, 0.25) is 0 Å². The molecule has 0 saturated heterocycles. The van der Waals surface area contributed by atoms with Crippen molar-refractivity contribution in [2.45, 2.75) is 0 Å². The summed E-state index contributed by atoms with van der Waals surface area (Å²) in [5.74, 6) is 0. The van der Waals surface area contributed by atoms with E-state index in [-0.39, 0.29) is 19.5 Å². The van der Waals surface area contributed by atoms with Crippen LogP contribution < -0.4 is 14.7 Å². The van der Waals surface area contributed by atoms with E-state index >= 15 is 0 Å². The summed E-state index contributed by atoms with van der Waals surface area (Å²) in [5, 5.41) is 0. The molecule has 1 radical (unpaired) electrons. The summed E-state index contributed by atoms with van der Waals surface area (Å²) >= 11 is 0. The second kappa shape index (κ2) is 2.83. The molecule has 0 spiro atoms. The van der Waals surface area contributed by atoms with Crippen LogP contribution in [0.2, 0.25) is 0 Å². The van der Waals surface area contributed by atoms with Crippen LogP contribution in [0.3, 0.4) is 0 Å². The van der Waals surface area contributed by atoms with Crippen molar-refractivity contribution in [1.29, 1.82) is 0 Å². The van der Waals surface area contributed by atoms with Crippen LogP contribution >= 0.6 is 7.82 Å². The minimum atomic E-state index is -5.39. The van der Waals surface area contributed by atoms with E-state index in [9.17, 15) is 0 Å². The van der Waals surface area contributed by atoms with Gasteiger partial charge in [0.15, 0.2) is 0 Å². The molecule has 4 nitrogen and oxygen atoms in total. The van der Waals surface area contributed by atoms with Crippen molar-refractivity contribution in [3.63, 3.8) is 0 Å². The van der Waals surface area contributed by atoms with Crippen molar-refractivity contribution in [3.8, 4) is 0 Å². The molecule has 0 aromatic carbocycles. The zero-order valence-corrected chi connectivity index (χ0v) is 5.07. The second-order valence-electron chi connectivity index (χ2n) is 0.447. The molecule has 0 aliphatic heterocycles. The van der Waals surface area contributed by atoms with Gasteiger partial charge in [-0.3, -0.25) is 0 Å². The van der Waals surface area contributed by atoms with E-state index in [1.807, 2.05) is 0 Å². The third-order valence-corrected chi connectivity index (χ3v) is 0. The fraction of sp³-hybridized carbons (Fsp3) is 0. The van der Waals surface area contributed by atoms with Crippen molar-refractivity contribution < 1.29 is 38.7 Å². The maximum atomic E-state index is 8.55. The Morgan fingerprint density at radius 2 is 1.17 bits per heavy atom. The number of phosphoric acid groups is 1. The van der Waals surface area contributed by atoms with Gasteiger partial charge in [0.05, 0.1) is 0 Å². The predicted molar refractivity (Wildman–Crippen MR) is 7.61 cm³/mol. The van der Waals surface area contributed by atoms with Crippen molar-refractivity contribution in [3.05, 3.63) is 0 Å². The van der Waals surface area contributed by atoms with E-state index in [1.54, 1.807) is 0 Å². The summed E-state index contributed by atoms with van der Waals surface area (Å²) in [6, 6.07) is 0. The molecule has 0 heterocycles. The normalized spacial score (nSPS) is 9.83. The Hall–Kier alpha value is 0.733. The zero-order chi connectivity index (χ0) is 4.50. The summed E-state index contributed by atoms with van der Waals surface area (Å²) < 4.78 is 8.55. The van der Waals surface area contributed by atoms with Crippen molar-refractivity contribution in [2.24, 2.45) is 0 Å². The SMILES string of the molecule is O=P([O-])([O-])[O-].[Ru+3]. The number of hydrogen-bond acceptors (Lipinski definition) is 4. The van der Waals surface area contributed by atoms with Gasteiger partial charge in [0.1, 0.15) is 0 Å². The van der Waals surface area contributed by atoms with Crippen LogP contribution in [0.5, 0.6) is 0 Å². The van der Waals surface area contributed by atoms with Gasteiger partial charge in [-0.1, -0.05) is 0 Å². The average Bonchev–Trinajstić information content (AvgIpc) is 0.722. The predicted octanol–water partition coefficient (Wildman–Crippen LogP) is -2.83. The average molecular weight is 196 g/mol. The smallest absolute Gasteiger partial charge is 0.822 e. The number of hydrogen-bond donors (Lipinski definition) is 0. The standard InChI is InChI=1S/H3O4P.Ru/c1-5(2,3)4;/h(H3,1,2,3,4);/q;+3/p-3. The maximum Gasteiger partial charge on any atom is 3.00 e. The Balaban J connectivity index is 0. The molecule has 0 aliphatic carbocycles. The van der Waals surface area contributed by atoms with Gasteiger partial charge in [-0.25, -0.2) is 0 Å². The van der Waals surface area contributed by atoms with Gasteiger partial charge < -0.3 is 19.2 Å². The molecule has 0 fully saturated rings. The Bertz CT molecular complexity index is 53.7. The van der Waals surface area contributed by atoms with Crippen LogP contribution in [-0.4, -0.2) is 0 Å². The Morgan fingerprint density at radius 3 is 1.17 bits per heavy atom. The van der Waals surface area contributed by atoms with E-state index in [4.69, 9.17) is 19.2 Å². The van der Waals surface area contributed by atoms with Crippen LogP contribution in [-0.2, 0) is 24.0 Å². The maximum absolute atomic E-state index is 8.55. The van der Waals surface area contributed by atoms with E-state index in [0.717, 1.165) is 0 Å². The molecule has 0 aromatic heterocycles. The Labute approximate surface area is 47.2 Å². The van der Waals surface area contributed by atoms with Crippen LogP contribution in [0.1, 0.15) is 0 Å². The summed E-state index contributed by atoms with van der Waals surface area (Å²) in [5.41, 5.74) is 0. The first-order valence-electron chi connectivity index (χ1n) is 0.730. The minimum Gasteiger partial charge on any atom is -0.822 e. The summed E-state index contributed by atoms with van der Waals surface area (Å²) in [7, 11) is -5.39. The Kier molecular flexibility index (Phi) is 4.66. The third-order valence-electron chi connectivity index (χ3n) is 0. The van der Waals surface area contributed by atoms with E-state index < -0.39 is 7.82 Å². The van der Waals surface area contributed by atoms with Crippen LogP contribution in [0.4, 0.5) is 0 Å². The molecule has 0 aliphatic rings. The van der Waals surface area contributed by atoms with Crippen molar-refractivity contribution in [2.75, 3.05) is 0 Å². The first-order chi connectivity index (χ1) is 2.00. The molecular weight excluding hydrogens is 196 g/mol. The van der Waals surface area contributed by atoms with Gasteiger partial charge in [0.25, 0.3) is 0 Å². The van der Waals surface area contributed by atoms with Gasteiger partial charge in [-0.15, -0.1) is 0 Å². The minimum absolute atomic E-state index is 0. The van der Waals surface area contributed by atoms with Crippen LogP contribution in [0.25, 0.3) is 0 Å². The first kappa shape index (κ1) is 9.88. The monoisotopic (exact) mass is 197 g/mol. The molecule has 0 rings (SSSR count). The molecular formula is O4PRu. The van der Waals surface area contributed by atoms with Gasteiger partial charge in [0, 0.05) is 0 Å². The van der Waals surface area contributed by atoms with Gasteiger partial charge in [-0.05, 0) is 0 Å². The van der Waals surface area contributed by atoms with E-state index in [1.165, 1.54) is 0 Å². The fourth-order valence-electron chi connectivity index (χ4n) is 0. The fourth-order valence-corrected chi connectivity index (χ4v) is 0. The van der Waals surface area contributed by atoms with Crippen molar-refractivity contribution >= 4 is 7.82 Å². The third kappa shape index (κ3) is 123. The molecule has 0 atom stereocenters. The summed E-state index contributed by atoms with van der Waals surface area (Å²) in [6.45, 7) is 0.